The SMILES string of the molecule is O=C(C=Cc1ccccc1)N1CCC2(CC1)SCCN2C(=O)c1ccc(Cl)c(Cl)c1. The van der Waals surface area contributed by atoms with Gasteiger partial charge in [0.15, 0.2) is 0 Å². The summed E-state index contributed by atoms with van der Waals surface area (Å²) in [5, 5.41) is 0.822. The van der Waals surface area contributed by atoms with Gasteiger partial charge < -0.3 is 9.80 Å². The molecule has 2 heterocycles. The lowest BCUT2D eigenvalue weighted by Gasteiger charge is -2.44. The van der Waals surface area contributed by atoms with E-state index in [1.54, 1.807) is 24.3 Å². The molecule has 4 rings (SSSR count). The Labute approximate surface area is 190 Å². The van der Waals surface area contributed by atoms with Crippen molar-refractivity contribution in [2.45, 2.75) is 17.7 Å². The van der Waals surface area contributed by atoms with Crippen molar-refractivity contribution in [2.24, 2.45) is 0 Å². The maximum atomic E-state index is 13.2. The largest absolute Gasteiger partial charge is 0.339 e. The van der Waals surface area contributed by atoms with Crippen LogP contribution in [0.15, 0.2) is 54.6 Å². The van der Waals surface area contributed by atoms with Crippen LogP contribution >= 0.6 is 35.0 Å². The molecule has 2 aromatic carbocycles. The number of amides is 2. The number of halogens is 2. The van der Waals surface area contributed by atoms with Crippen LogP contribution < -0.4 is 0 Å². The Morgan fingerprint density at radius 3 is 2.40 bits per heavy atom. The highest BCUT2D eigenvalue weighted by Gasteiger charge is 2.46. The van der Waals surface area contributed by atoms with E-state index in [1.807, 2.05) is 58.0 Å². The van der Waals surface area contributed by atoms with Gasteiger partial charge in [-0.25, -0.2) is 0 Å². The van der Waals surface area contributed by atoms with Crippen LogP contribution in [0, 0.1) is 0 Å². The van der Waals surface area contributed by atoms with Crippen LogP contribution in [-0.4, -0.2) is 51.9 Å². The molecule has 0 saturated carbocycles. The maximum absolute atomic E-state index is 13.2. The number of carbonyl (C=O) groups excluding carboxylic acids is 2. The van der Waals surface area contributed by atoms with E-state index < -0.39 is 0 Å². The van der Waals surface area contributed by atoms with Crippen LogP contribution in [0.5, 0.6) is 0 Å². The van der Waals surface area contributed by atoms with Crippen molar-refractivity contribution in [2.75, 3.05) is 25.4 Å². The number of likely N-dealkylation sites (tertiary alicyclic amines) is 1. The number of piperidine rings is 1. The summed E-state index contributed by atoms with van der Waals surface area (Å²) in [6.07, 6.45) is 5.00. The van der Waals surface area contributed by atoms with Gasteiger partial charge >= 0.3 is 0 Å². The molecular weight excluding hydrogens is 439 g/mol. The molecule has 0 bridgehead atoms. The average molecular weight is 461 g/mol. The summed E-state index contributed by atoms with van der Waals surface area (Å²) in [6, 6.07) is 14.8. The number of benzene rings is 2. The molecule has 2 aliphatic rings. The fourth-order valence-electron chi connectivity index (χ4n) is 4.01. The molecular formula is C23H22Cl2N2O2S. The minimum atomic E-state index is -0.261. The zero-order valence-electron chi connectivity index (χ0n) is 16.4. The predicted molar refractivity (Wildman–Crippen MR) is 124 cm³/mol. The Bertz CT molecular complexity index is 972. The number of hydrogen-bond donors (Lipinski definition) is 0. The summed E-state index contributed by atoms with van der Waals surface area (Å²) in [5.41, 5.74) is 1.56. The van der Waals surface area contributed by atoms with Crippen LogP contribution in [-0.2, 0) is 4.79 Å². The molecule has 2 aromatic rings. The van der Waals surface area contributed by atoms with Gasteiger partial charge in [-0.2, -0.15) is 0 Å². The van der Waals surface area contributed by atoms with Crippen molar-refractivity contribution in [1.82, 2.24) is 9.80 Å². The quantitative estimate of drug-likeness (QED) is 0.589. The third-order valence-electron chi connectivity index (χ3n) is 5.66. The second-order valence-corrected chi connectivity index (χ2v) is 9.72. The Hall–Kier alpha value is -1.95. The molecule has 30 heavy (non-hydrogen) atoms. The molecule has 2 amide bonds. The van der Waals surface area contributed by atoms with Crippen molar-refractivity contribution in [3.8, 4) is 0 Å². The molecule has 0 unspecified atom stereocenters. The molecule has 4 nitrogen and oxygen atoms in total. The highest BCUT2D eigenvalue weighted by molar-refractivity contribution is 8.00. The maximum Gasteiger partial charge on any atom is 0.255 e. The molecule has 156 valence electrons. The lowest BCUT2D eigenvalue weighted by Crippen LogP contribution is -2.53. The number of nitrogens with zero attached hydrogens (tertiary/aromatic N) is 2. The van der Waals surface area contributed by atoms with Crippen LogP contribution in [0.1, 0.15) is 28.8 Å². The van der Waals surface area contributed by atoms with Crippen molar-refractivity contribution in [1.29, 1.82) is 0 Å². The smallest absolute Gasteiger partial charge is 0.255 e. The van der Waals surface area contributed by atoms with E-state index in [2.05, 4.69) is 0 Å². The van der Waals surface area contributed by atoms with Gasteiger partial charge in [-0.1, -0.05) is 53.5 Å². The van der Waals surface area contributed by atoms with Crippen molar-refractivity contribution < 1.29 is 9.59 Å². The second-order valence-electron chi connectivity index (χ2n) is 7.45. The monoisotopic (exact) mass is 460 g/mol. The summed E-state index contributed by atoms with van der Waals surface area (Å²) in [4.78, 5) is 29.3. The molecule has 1 spiro atoms. The molecule has 2 aliphatic heterocycles. The molecule has 0 N–H and O–H groups in total. The molecule has 0 radical (unpaired) electrons. The van der Waals surface area contributed by atoms with Gasteiger partial charge in [0.05, 0.1) is 14.9 Å². The molecule has 0 aliphatic carbocycles. The van der Waals surface area contributed by atoms with Crippen LogP contribution in [0.25, 0.3) is 6.08 Å². The summed E-state index contributed by atoms with van der Waals surface area (Å²) in [6.45, 7) is 1.97. The highest BCUT2D eigenvalue weighted by atomic mass is 35.5. The second kappa shape index (κ2) is 9.04. The molecule has 0 atom stereocenters. The van der Waals surface area contributed by atoms with Gasteiger partial charge in [-0.3, -0.25) is 9.59 Å². The van der Waals surface area contributed by atoms with Crippen LogP contribution in [0.4, 0.5) is 0 Å². The lowest BCUT2D eigenvalue weighted by atomic mass is 10.0. The number of rotatable bonds is 3. The van der Waals surface area contributed by atoms with Crippen LogP contribution in [0.3, 0.4) is 0 Å². The molecule has 0 aromatic heterocycles. The third kappa shape index (κ3) is 4.39. The number of carbonyl (C=O) groups is 2. The minimum absolute atomic E-state index is 0.0130. The van der Waals surface area contributed by atoms with Gasteiger partial charge in [0, 0.05) is 37.0 Å². The first-order chi connectivity index (χ1) is 14.5. The fourth-order valence-corrected chi connectivity index (χ4v) is 5.76. The zero-order chi connectivity index (χ0) is 21.1. The van der Waals surface area contributed by atoms with Crippen molar-refractivity contribution >= 4 is 52.9 Å². The Morgan fingerprint density at radius 2 is 1.70 bits per heavy atom. The first-order valence-corrected chi connectivity index (χ1v) is 11.7. The van der Waals surface area contributed by atoms with E-state index in [0.29, 0.717) is 35.2 Å². The summed E-state index contributed by atoms with van der Waals surface area (Å²) >= 11 is 13.9. The molecule has 2 fully saturated rings. The highest BCUT2D eigenvalue weighted by Crippen LogP contribution is 2.44. The van der Waals surface area contributed by atoms with Crippen LogP contribution in [0.2, 0.25) is 10.0 Å². The van der Waals surface area contributed by atoms with Crippen molar-refractivity contribution in [3.63, 3.8) is 0 Å². The first-order valence-electron chi connectivity index (χ1n) is 9.92. The summed E-state index contributed by atoms with van der Waals surface area (Å²) in [5.74, 6) is 0.885. The Kier molecular flexibility index (Phi) is 6.42. The van der Waals surface area contributed by atoms with E-state index in [9.17, 15) is 9.59 Å². The minimum Gasteiger partial charge on any atom is -0.339 e. The van der Waals surface area contributed by atoms with Gasteiger partial charge in [0.25, 0.3) is 5.91 Å². The van der Waals surface area contributed by atoms with Gasteiger partial charge in [0.1, 0.15) is 0 Å². The number of hydrogen-bond acceptors (Lipinski definition) is 3. The van der Waals surface area contributed by atoms with E-state index in [0.717, 1.165) is 24.2 Å². The average Bonchev–Trinajstić information content (AvgIpc) is 3.17. The van der Waals surface area contributed by atoms with Gasteiger partial charge in [0.2, 0.25) is 5.91 Å². The topological polar surface area (TPSA) is 40.6 Å². The first kappa shape index (κ1) is 21.3. The molecule has 2 saturated heterocycles. The lowest BCUT2D eigenvalue weighted by molar-refractivity contribution is -0.127. The van der Waals surface area contributed by atoms with Gasteiger partial charge in [-0.15, -0.1) is 11.8 Å². The Balaban J connectivity index is 1.42. The van der Waals surface area contributed by atoms with E-state index in [4.69, 9.17) is 23.2 Å². The van der Waals surface area contributed by atoms with E-state index >= 15 is 0 Å². The predicted octanol–water partition coefficient (Wildman–Crippen LogP) is 5.21. The van der Waals surface area contributed by atoms with Crippen molar-refractivity contribution in [3.05, 3.63) is 75.8 Å². The summed E-state index contributed by atoms with van der Waals surface area (Å²) in [7, 11) is 0. The van der Waals surface area contributed by atoms with Gasteiger partial charge in [-0.05, 0) is 42.7 Å². The van der Waals surface area contributed by atoms with E-state index in [-0.39, 0.29) is 16.7 Å². The fraction of sp³-hybridized carbons (Fsp3) is 0.304. The van der Waals surface area contributed by atoms with E-state index in [1.165, 1.54) is 0 Å². The molecule has 7 heteroatoms. The number of thioether (sulfide) groups is 1. The zero-order valence-corrected chi connectivity index (χ0v) is 18.7. The summed E-state index contributed by atoms with van der Waals surface area (Å²) < 4.78 is 0. The normalized spacial score (nSPS) is 18.3. The standard InChI is InChI=1S/C23H22Cl2N2O2S/c24-19-8-7-18(16-20(19)25)22(29)27-14-15-30-23(27)10-12-26(13-11-23)21(28)9-6-17-4-2-1-3-5-17/h1-9,16H,10-15H2. The third-order valence-corrected chi connectivity index (χ3v) is 7.96. The Morgan fingerprint density at radius 1 is 0.967 bits per heavy atom.